The van der Waals surface area contributed by atoms with E-state index < -0.39 is 11.9 Å². The predicted octanol–water partition coefficient (Wildman–Crippen LogP) is 1.33. The smallest absolute Gasteiger partial charge is 0.312 e. The van der Waals surface area contributed by atoms with Gasteiger partial charge in [-0.25, -0.2) is 0 Å². The number of carboxylic acid groups (broad SMARTS) is 1. The molecule has 0 saturated heterocycles. The molecule has 1 aliphatic heterocycles. The van der Waals surface area contributed by atoms with Crippen LogP contribution in [0, 0.1) is 0 Å². The van der Waals surface area contributed by atoms with Crippen molar-refractivity contribution in [2.75, 3.05) is 18.0 Å². The predicted molar refractivity (Wildman–Crippen MR) is 72.1 cm³/mol. The summed E-state index contributed by atoms with van der Waals surface area (Å²) < 4.78 is 0. The molecule has 5 heteroatoms. The number of benzene rings is 1. The third-order valence-electron chi connectivity index (χ3n) is 3.41. The number of aliphatic carboxylic acids is 1. The van der Waals surface area contributed by atoms with Crippen LogP contribution in [0.2, 0.25) is 0 Å². The first-order chi connectivity index (χ1) is 9.15. The number of amides is 1. The topological polar surface area (TPSA) is 83.6 Å². The van der Waals surface area contributed by atoms with Crippen molar-refractivity contribution in [1.82, 2.24) is 0 Å². The van der Waals surface area contributed by atoms with Crippen molar-refractivity contribution in [3.05, 3.63) is 29.8 Å². The molecule has 1 amide bonds. The third-order valence-corrected chi connectivity index (χ3v) is 3.41. The first-order valence-corrected chi connectivity index (χ1v) is 6.47. The highest BCUT2D eigenvalue weighted by Gasteiger charge is 2.35. The van der Waals surface area contributed by atoms with Gasteiger partial charge in [0.1, 0.15) is 5.92 Å². The van der Waals surface area contributed by atoms with Gasteiger partial charge < -0.3 is 15.7 Å². The molecule has 102 valence electrons. The van der Waals surface area contributed by atoms with E-state index in [2.05, 4.69) is 0 Å². The Hall–Kier alpha value is -1.88. The van der Waals surface area contributed by atoms with Crippen molar-refractivity contribution in [3.63, 3.8) is 0 Å². The molecule has 1 aliphatic rings. The lowest BCUT2D eigenvalue weighted by atomic mass is 10.0. The molecule has 5 nitrogen and oxygen atoms in total. The van der Waals surface area contributed by atoms with Crippen LogP contribution in [0.15, 0.2) is 24.3 Å². The molecule has 0 radical (unpaired) electrons. The molecule has 0 saturated carbocycles. The Morgan fingerprint density at radius 2 is 2.05 bits per heavy atom. The van der Waals surface area contributed by atoms with Crippen molar-refractivity contribution < 1.29 is 14.7 Å². The maximum absolute atomic E-state index is 12.1. The van der Waals surface area contributed by atoms with Crippen LogP contribution in [0.5, 0.6) is 0 Å². The summed E-state index contributed by atoms with van der Waals surface area (Å²) in [6.45, 7) is 0.803. The minimum atomic E-state index is -0.885. The maximum Gasteiger partial charge on any atom is 0.312 e. The van der Waals surface area contributed by atoms with Gasteiger partial charge in [-0.15, -0.1) is 0 Å². The van der Waals surface area contributed by atoms with Gasteiger partial charge in [0.2, 0.25) is 5.91 Å². The number of anilines is 1. The first kappa shape index (κ1) is 13.5. The van der Waals surface area contributed by atoms with Crippen LogP contribution in [0.3, 0.4) is 0 Å². The van der Waals surface area contributed by atoms with E-state index in [0.29, 0.717) is 13.0 Å². The zero-order valence-electron chi connectivity index (χ0n) is 10.7. The number of hydrogen-bond donors (Lipinski definition) is 2. The van der Waals surface area contributed by atoms with Gasteiger partial charge in [0.15, 0.2) is 0 Å². The highest BCUT2D eigenvalue weighted by molar-refractivity contribution is 5.98. The molecule has 1 aromatic rings. The Morgan fingerprint density at radius 3 is 2.74 bits per heavy atom. The van der Waals surface area contributed by atoms with Gasteiger partial charge in [0, 0.05) is 18.7 Å². The normalized spacial score (nSPS) is 17.3. The van der Waals surface area contributed by atoms with Crippen LogP contribution in [-0.4, -0.2) is 30.1 Å². The van der Waals surface area contributed by atoms with E-state index in [1.165, 1.54) is 0 Å². The van der Waals surface area contributed by atoms with E-state index >= 15 is 0 Å². The SMILES string of the molecule is NCCCCC(=O)N1CC(C(=O)O)c2ccccc21. The van der Waals surface area contributed by atoms with E-state index in [9.17, 15) is 14.7 Å². The van der Waals surface area contributed by atoms with E-state index in [1.807, 2.05) is 6.07 Å². The summed E-state index contributed by atoms with van der Waals surface area (Å²) in [6, 6.07) is 7.21. The number of fused-ring (bicyclic) bond motifs is 1. The van der Waals surface area contributed by atoms with Crippen molar-refractivity contribution in [2.45, 2.75) is 25.2 Å². The quantitative estimate of drug-likeness (QED) is 0.784. The lowest BCUT2D eigenvalue weighted by Crippen LogP contribution is -2.31. The summed E-state index contributed by atoms with van der Waals surface area (Å²) in [5.74, 6) is -1.52. The fourth-order valence-corrected chi connectivity index (χ4v) is 2.41. The molecule has 3 N–H and O–H groups in total. The second-order valence-electron chi connectivity index (χ2n) is 4.70. The fourth-order valence-electron chi connectivity index (χ4n) is 2.41. The van der Waals surface area contributed by atoms with Crippen molar-refractivity contribution in [2.24, 2.45) is 5.73 Å². The summed E-state index contributed by atoms with van der Waals surface area (Å²) in [7, 11) is 0. The van der Waals surface area contributed by atoms with Crippen LogP contribution in [0.25, 0.3) is 0 Å². The maximum atomic E-state index is 12.1. The molecule has 0 aliphatic carbocycles. The molecule has 0 aromatic heterocycles. The molecule has 0 spiro atoms. The second-order valence-corrected chi connectivity index (χ2v) is 4.70. The molecule has 1 heterocycles. The third kappa shape index (κ3) is 2.76. The van der Waals surface area contributed by atoms with Crippen molar-refractivity contribution in [3.8, 4) is 0 Å². The van der Waals surface area contributed by atoms with Crippen LogP contribution in [0.1, 0.15) is 30.7 Å². The van der Waals surface area contributed by atoms with Gasteiger partial charge in [-0.2, -0.15) is 0 Å². The van der Waals surface area contributed by atoms with Crippen LogP contribution in [0.4, 0.5) is 5.69 Å². The minimum absolute atomic E-state index is 0.0235. The van der Waals surface area contributed by atoms with E-state index in [0.717, 1.165) is 24.1 Å². The number of carbonyl (C=O) groups is 2. The number of hydrogen-bond acceptors (Lipinski definition) is 3. The van der Waals surface area contributed by atoms with Gasteiger partial charge in [-0.3, -0.25) is 9.59 Å². The minimum Gasteiger partial charge on any atom is -0.481 e. The molecule has 2 rings (SSSR count). The number of rotatable bonds is 5. The lowest BCUT2D eigenvalue weighted by Gasteiger charge is -2.17. The molecule has 1 aromatic carbocycles. The fraction of sp³-hybridized carbons (Fsp3) is 0.429. The summed E-state index contributed by atoms with van der Waals surface area (Å²) in [4.78, 5) is 25.0. The Labute approximate surface area is 112 Å². The Morgan fingerprint density at radius 1 is 1.32 bits per heavy atom. The van der Waals surface area contributed by atoms with Crippen molar-refractivity contribution in [1.29, 1.82) is 0 Å². The Kier molecular flexibility index (Phi) is 4.16. The largest absolute Gasteiger partial charge is 0.481 e. The Balaban J connectivity index is 2.15. The van der Waals surface area contributed by atoms with Crippen molar-refractivity contribution >= 4 is 17.6 Å². The van der Waals surface area contributed by atoms with Gasteiger partial charge in [0.25, 0.3) is 0 Å². The number of nitrogens with two attached hydrogens (primary N) is 1. The molecule has 1 atom stereocenters. The highest BCUT2D eigenvalue weighted by atomic mass is 16.4. The number of nitrogens with zero attached hydrogens (tertiary/aromatic N) is 1. The number of carbonyl (C=O) groups excluding carboxylic acids is 1. The standard InChI is InChI=1S/C14H18N2O3/c15-8-4-3-7-13(17)16-9-11(14(18)19)10-5-1-2-6-12(10)16/h1-2,5-6,11H,3-4,7-9,15H2,(H,18,19). The Bertz CT molecular complexity index is 487. The van der Waals surface area contributed by atoms with Gasteiger partial charge >= 0.3 is 5.97 Å². The summed E-state index contributed by atoms with van der Waals surface area (Å²) >= 11 is 0. The second kappa shape index (κ2) is 5.84. The molecule has 0 fully saturated rings. The number of carboxylic acids is 1. The zero-order chi connectivity index (χ0) is 13.8. The van der Waals surface area contributed by atoms with Gasteiger partial charge in [0.05, 0.1) is 0 Å². The lowest BCUT2D eigenvalue weighted by molar-refractivity contribution is -0.138. The molecular weight excluding hydrogens is 244 g/mol. The van der Waals surface area contributed by atoms with Gasteiger partial charge in [-0.05, 0) is 31.0 Å². The summed E-state index contributed by atoms with van der Waals surface area (Å²) in [5.41, 5.74) is 6.86. The van der Waals surface area contributed by atoms with Gasteiger partial charge in [-0.1, -0.05) is 18.2 Å². The van der Waals surface area contributed by atoms with Crippen LogP contribution < -0.4 is 10.6 Å². The summed E-state index contributed by atoms with van der Waals surface area (Å²) in [5, 5.41) is 9.22. The molecular formula is C14H18N2O3. The monoisotopic (exact) mass is 262 g/mol. The van der Waals surface area contributed by atoms with Crippen LogP contribution in [-0.2, 0) is 9.59 Å². The molecule has 19 heavy (non-hydrogen) atoms. The molecule has 1 unspecified atom stereocenters. The average Bonchev–Trinajstić information content (AvgIpc) is 2.78. The number of unbranched alkanes of at least 4 members (excludes halogenated alkanes) is 1. The zero-order valence-corrected chi connectivity index (χ0v) is 10.7. The average molecular weight is 262 g/mol. The van der Waals surface area contributed by atoms with E-state index in [4.69, 9.17) is 5.73 Å². The van der Waals surface area contributed by atoms with E-state index in [1.54, 1.807) is 23.1 Å². The highest BCUT2D eigenvalue weighted by Crippen LogP contribution is 2.36. The first-order valence-electron chi connectivity index (χ1n) is 6.47. The summed E-state index contributed by atoms with van der Waals surface area (Å²) in [6.07, 6.45) is 1.97. The van der Waals surface area contributed by atoms with Crippen LogP contribution >= 0.6 is 0 Å². The number of para-hydroxylation sites is 1. The molecule has 0 bridgehead atoms. The van der Waals surface area contributed by atoms with E-state index in [-0.39, 0.29) is 12.5 Å².